The van der Waals surface area contributed by atoms with Crippen LogP contribution in [0.5, 0.6) is 0 Å². The third-order valence-corrected chi connectivity index (χ3v) is 5.10. The van der Waals surface area contributed by atoms with Crippen molar-refractivity contribution in [1.29, 1.82) is 5.26 Å². The van der Waals surface area contributed by atoms with Crippen LogP contribution in [-0.4, -0.2) is 35.5 Å². The fourth-order valence-corrected chi connectivity index (χ4v) is 3.59. The molecule has 3 aromatic rings. The summed E-state index contributed by atoms with van der Waals surface area (Å²) in [7, 11) is 0. The molecule has 0 aromatic carbocycles. The average molecular weight is 378 g/mol. The van der Waals surface area contributed by atoms with Gasteiger partial charge in [0, 0.05) is 24.9 Å². The summed E-state index contributed by atoms with van der Waals surface area (Å²) in [6.45, 7) is 0. The second-order valence-corrected chi connectivity index (χ2v) is 6.87. The molecule has 4 rings (SSSR count). The summed E-state index contributed by atoms with van der Waals surface area (Å²) in [5.74, 6) is 0.974. The topological polar surface area (TPSA) is 135 Å². The van der Waals surface area contributed by atoms with Gasteiger partial charge in [0.25, 0.3) is 0 Å². The number of fused-ring (bicyclic) bond motifs is 1. The maximum absolute atomic E-state index is 11.4. The van der Waals surface area contributed by atoms with E-state index in [-0.39, 0.29) is 17.5 Å². The zero-order chi connectivity index (χ0) is 19.5. The molecule has 10 nitrogen and oxygen atoms in total. The summed E-state index contributed by atoms with van der Waals surface area (Å²) < 4.78 is 1.65. The van der Waals surface area contributed by atoms with Crippen molar-refractivity contribution in [1.82, 2.24) is 24.6 Å². The molecule has 1 aliphatic carbocycles. The Bertz CT molecular complexity index is 1050. The summed E-state index contributed by atoms with van der Waals surface area (Å²) in [6.07, 6.45) is 11.9. The molecule has 0 radical (unpaired) electrons. The van der Waals surface area contributed by atoms with Crippen molar-refractivity contribution >= 4 is 17.0 Å². The number of rotatable bonds is 5. The molecule has 3 aromatic heterocycles. The first kappa shape index (κ1) is 17.8. The standard InChI is InChI=1S/C18H18N8O2/c19-6-5-12-1-3-13(4-2-12)23-18-16(26(27)28)11-21-17(24-18)14-9-22-25-8-7-20-10-15(14)25/h7-13H,1-5H2,(H,21,23,24)/t12-,13-. The van der Waals surface area contributed by atoms with Crippen molar-refractivity contribution in [3.8, 4) is 17.5 Å². The third-order valence-electron chi connectivity index (χ3n) is 5.10. The highest BCUT2D eigenvalue weighted by atomic mass is 16.6. The molecule has 0 amide bonds. The van der Waals surface area contributed by atoms with Crippen LogP contribution >= 0.6 is 0 Å². The van der Waals surface area contributed by atoms with Gasteiger partial charge in [-0.2, -0.15) is 10.4 Å². The Hall–Kier alpha value is -3.61. The van der Waals surface area contributed by atoms with E-state index >= 15 is 0 Å². The van der Waals surface area contributed by atoms with Gasteiger partial charge in [-0.05, 0) is 31.6 Å². The summed E-state index contributed by atoms with van der Waals surface area (Å²) in [4.78, 5) is 23.7. The summed E-state index contributed by atoms with van der Waals surface area (Å²) in [5, 5.41) is 27.7. The molecule has 1 saturated carbocycles. The summed E-state index contributed by atoms with van der Waals surface area (Å²) in [6, 6.07) is 2.31. The number of hydrogen-bond donors (Lipinski definition) is 1. The Kier molecular flexibility index (Phi) is 4.80. The molecular formula is C18H18N8O2. The highest BCUT2D eigenvalue weighted by Gasteiger charge is 2.25. The van der Waals surface area contributed by atoms with Crippen molar-refractivity contribution in [2.24, 2.45) is 5.92 Å². The number of anilines is 1. The minimum Gasteiger partial charge on any atom is -0.361 e. The Balaban J connectivity index is 1.62. The molecule has 1 aliphatic rings. The molecular weight excluding hydrogens is 360 g/mol. The second-order valence-electron chi connectivity index (χ2n) is 6.87. The molecule has 28 heavy (non-hydrogen) atoms. The molecule has 0 spiro atoms. The zero-order valence-corrected chi connectivity index (χ0v) is 15.0. The molecule has 1 N–H and O–H groups in total. The predicted octanol–water partition coefficient (Wildman–Crippen LogP) is 2.98. The van der Waals surface area contributed by atoms with Crippen molar-refractivity contribution in [2.45, 2.75) is 38.1 Å². The first-order valence-corrected chi connectivity index (χ1v) is 9.08. The molecule has 0 aliphatic heterocycles. The Morgan fingerprint density at radius 1 is 1.29 bits per heavy atom. The van der Waals surface area contributed by atoms with E-state index in [1.807, 2.05) is 0 Å². The average Bonchev–Trinajstić information content (AvgIpc) is 3.14. The molecule has 0 unspecified atom stereocenters. The van der Waals surface area contributed by atoms with Gasteiger partial charge in [-0.15, -0.1) is 0 Å². The quantitative estimate of drug-likeness (QED) is 0.529. The number of nitro groups is 1. The molecule has 1 fully saturated rings. The lowest BCUT2D eigenvalue weighted by atomic mass is 9.84. The van der Waals surface area contributed by atoms with E-state index in [0.29, 0.717) is 23.7 Å². The van der Waals surface area contributed by atoms with Crippen LogP contribution in [0.1, 0.15) is 32.1 Å². The van der Waals surface area contributed by atoms with E-state index in [0.717, 1.165) is 31.2 Å². The fourth-order valence-electron chi connectivity index (χ4n) is 3.59. The fraction of sp³-hybridized carbons (Fsp3) is 0.389. The van der Waals surface area contributed by atoms with Crippen LogP contribution in [-0.2, 0) is 0 Å². The van der Waals surface area contributed by atoms with Gasteiger partial charge in [-0.25, -0.2) is 14.5 Å². The highest BCUT2D eigenvalue weighted by Crippen LogP contribution is 2.32. The Morgan fingerprint density at radius 2 is 2.11 bits per heavy atom. The van der Waals surface area contributed by atoms with Gasteiger partial charge in [0.1, 0.15) is 6.20 Å². The molecule has 0 saturated heterocycles. The van der Waals surface area contributed by atoms with E-state index in [1.165, 1.54) is 6.20 Å². The Morgan fingerprint density at radius 3 is 2.86 bits per heavy atom. The van der Waals surface area contributed by atoms with Crippen LogP contribution in [0.15, 0.2) is 31.0 Å². The van der Waals surface area contributed by atoms with Crippen molar-refractivity contribution in [2.75, 3.05) is 5.32 Å². The van der Waals surface area contributed by atoms with Crippen LogP contribution in [0.25, 0.3) is 16.9 Å². The van der Waals surface area contributed by atoms with E-state index in [2.05, 4.69) is 31.4 Å². The van der Waals surface area contributed by atoms with E-state index < -0.39 is 4.92 Å². The maximum atomic E-state index is 11.4. The van der Waals surface area contributed by atoms with E-state index in [9.17, 15) is 10.1 Å². The number of nitriles is 1. The van der Waals surface area contributed by atoms with Gasteiger partial charge in [0.05, 0.1) is 34.5 Å². The summed E-state index contributed by atoms with van der Waals surface area (Å²) in [5.41, 5.74) is 1.22. The minimum atomic E-state index is -0.481. The largest absolute Gasteiger partial charge is 0.361 e. The monoisotopic (exact) mass is 378 g/mol. The van der Waals surface area contributed by atoms with E-state index in [1.54, 1.807) is 29.3 Å². The van der Waals surface area contributed by atoms with Crippen molar-refractivity contribution < 1.29 is 4.92 Å². The van der Waals surface area contributed by atoms with Gasteiger partial charge in [0.2, 0.25) is 5.82 Å². The lowest BCUT2D eigenvalue weighted by Gasteiger charge is -2.28. The van der Waals surface area contributed by atoms with Gasteiger partial charge in [-0.3, -0.25) is 15.1 Å². The Labute approximate surface area is 160 Å². The first-order chi connectivity index (χ1) is 13.7. The van der Waals surface area contributed by atoms with Gasteiger partial charge in [0.15, 0.2) is 5.82 Å². The number of nitrogens with zero attached hydrogens (tertiary/aromatic N) is 7. The zero-order valence-electron chi connectivity index (χ0n) is 15.0. The summed E-state index contributed by atoms with van der Waals surface area (Å²) >= 11 is 0. The molecule has 0 atom stereocenters. The van der Waals surface area contributed by atoms with Crippen LogP contribution in [0, 0.1) is 27.4 Å². The first-order valence-electron chi connectivity index (χ1n) is 9.08. The molecule has 142 valence electrons. The number of nitrogens with one attached hydrogen (secondary N) is 1. The SMILES string of the molecule is N#CC[C@H]1CC[C@H](Nc2nc(-c3cnn4ccncc34)ncc2[N+](=O)[O-])CC1. The number of aromatic nitrogens is 5. The molecule has 3 heterocycles. The number of hydrogen-bond acceptors (Lipinski definition) is 8. The van der Waals surface area contributed by atoms with Crippen LogP contribution in [0.3, 0.4) is 0 Å². The second kappa shape index (κ2) is 7.56. The minimum absolute atomic E-state index is 0.0852. The van der Waals surface area contributed by atoms with Gasteiger partial charge in [-0.1, -0.05) is 0 Å². The van der Waals surface area contributed by atoms with Crippen LogP contribution in [0.4, 0.5) is 11.5 Å². The molecule has 10 heteroatoms. The van der Waals surface area contributed by atoms with Gasteiger partial charge < -0.3 is 5.32 Å². The normalized spacial score (nSPS) is 19.2. The third kappa shape index (κ3) is 3.46. The van der Waals surface area contributed by atoms with Gasteiger partial charge >= 0.3 is 5.69 Å². The van der Waals surface area contributed by atoms with Crippen molar-refractivity contribution in [3.63, 3.8) is 0 Å². The maximum Gasteiger partial charge on any atom is 0.329 e. The predicted molar refractivity (Wildman–Crippen MR) is 100 cm³/mol. The lowest BCUT2D eigenvalue weighted by Crippen LogP contribution is -2.27. The molecule has 0 bridgehead atoms. The lowest BCUT2D eigenvalue weighted by molar-refractivity contribution is -0.384. The smallest absolute Gasteiger partial charge is 0.329 e. The van der Waals surface area contributed by atoms with E-state index in [4.69, 9.17) is 5.26 Å². The van der Waals surface area contributed by atoms with Crippen LogP contribution < -0.4 is 5.32 Å². The van der Waals surface area contributed by atoms with Crippen molar-refractivity contribution in [3.05, 3.63) is 41.1 Å². The highest BCUT2D eigenvalue weighted by molar-refractivity contribution is 5.76. The van der Waals surface area contributed by atoms with Crippen LogP contribution in [0.2, 0.25) is 0 Å².